The molecule has 1 fully saturated rings. The summed E-state index contributed by atoms with van der Waals surface area (Å²) in [6.45, 7) is 2.68. The van der Waals surface area contributed by atoms with Crippen LogP contribution in [0.25, 0.3) is 0 Å². The average molecular weight is 340 g/mol. The van der Waals surface area contributed by atoms with Gasteiger partial charge in [-0.1, -0.05) is 43.7 Å². The Balaban J connectivity index is 1.41. The van der Waals surface area contributed by atoms with Crippen LogP contribution >= 0.6 is 0 Å². The lowest BCUT2D eigenvalue weighted by Gasteiger charge is -2.26. The summed E-state index contributed by atoms with van der Waals surface area (Å²) in [5.74, 6) is 2.68. The van der Waals surface area contributed by atoms with Crippen molar-refractivity contribution < 1.29 is 4.79 Å². The maximum Gasteiger partial charge on any atom is 0.223 e. The molecule has 1 saturated carbocycles. The van der Waals surface area contributed by atoms with Crippen molar-refractivity contribution in [2.24, 2.45) is 11.8 Å². The molecule has 25 heavy (non-hydrogen) atoms. The Morgan fingerprint density at radius 1 is 1.16 bits per heavy atom. The molecule has 1 aliphatic rings. The molecule has 1 aliphatic carbocycles. The first-order valence-electron chi connectivity index (χ1n) is 9.46. The van der Waals surface area contributed by atoms with Crippen molar-refractivity contribution in [3.8, 4) is 0 Å². The second-order valence-corrected chi connectivity index (χ2v) is 7.03. The van der Waals surface area contributed by atoms with Crippen LogP contribution < -0.4 is 5.32 Å². The first-order chi connectivity index (χ1) is 12.2. The Labute approximate surface area is 149 Å². The van der Waals surface area contributed by atoms with Crippen LogP contribution in [0.15, 0.2) is 30.3 Å². The van der Waals surface area contributed by atoms with Crippen molar-refractivity contribution in [1.82, 2.24) is 20.5 Å². The Bertz CT molecular complexity index is 659. The van der Waals surface area contributed by atoms with E-state index in [0.29, 0.717) is 6.54 Å². The molecule has 1 aromatic carbocycles. The Hall–Kier alpha value is -2.17. The van der Waals surface area contributed by atoms with Gasteiger partial charge in [0.1, 0.15) is 5.82 Å². The summed E-state index contributed by atoms with van der Waals surface area (Å²) < 4.78 is 0. The normalized spacial score (nSPS) is 20.4. The third-order valence-corrected chi connectivity index (χ3v) is 5.28. The van der Waals surface area contributed by atoms with Crippen LogP contribution in [-0.4, -0.2) is 21.1 Å². The van der Waals surface area contributed by atoms with Crippen LogP contribution in [0.4, 0.5) is 0 Å². The molecule has 0 atom stereocenters. The molecule has 5 heteroatoms. The SMILES string of the molecule is CCC1CCC(C(=O)NCc2nc(CCc3ccccc3)n[nH]2)CC1. The number of hydrogen-bond donors (Lipinski definition) is 2. The van der Waals surface area contributed by atoms with Gasteiger partial charge in [0, 0.05) is 12.3 Å². The van der Waals surface area contributed by atoms with Gasteiger partial charge in [-0.15, -0.1) is 0 Å². The summed E-state index contributed by atoms with van der Waals surface area (Å²) in [5, 5.41) is 10.2. The molecule has 134 valence electrons. The Kier molecular flexibility index (Phi) is 6.20. The van der Waals surface area contributed by atoms with Gasteiger partial charge >= 0.3 is 0 Å². The summed E-state index contributed by atoms with van der Waals surface area (Å²) in [7, 11) is 0. The van der Waals surface area contributed by atoms with Gasteiger partial charge in [0.2, 0.25) is 5.91 Å². The summed E-state index contributed by atoms with van der Waals surface area (Å²) in [6.07, 6.45) is 7.35. The number of carbonyl (C=O) groups is 1. The van der Waals surface area contributed by atoms with E-state index in [0.717, 1.165) is 43.3 Å². The molecule has 0 radical (unpaired) electrons. The molecule has 1 heterocycles. The lowest BCUT2D eigenvalue weighted by Crippen LogP contribution is -2.33. The van der Waals surface area contributed by atoms with E-state index in [9.17, 15) is 4.79 Å². The number of aromatic amines is 1. The van der Waals surface area contributed by atoms with Crippen LogP contribution in [0.5, 0.6) is 0 Å². The van der Waals surface area contributed by atoms with Crippen molar-refractivity contribution in [2.45, 2.75) is 58.4 Å². The largest absolute Gasteiger partial charge is 0.349 e. The van der Waals surface area contributed by atoms with Crippen molar-refractivity contribution >= 4 is 5.91 Å². The molecule has 0 spiro atoms. The summed E-state index contributed by atoms with van der Waals surface area (Å²) in [4.78, 5) is 16.8. The van der Waals surface area contributed by atoms with Crippen molar-refractivity contribution in [3.05, 3.63) is 47.5 Å². The second kappa shape index (κ2) is 8.79. The summed E-state index contributed by atoms with van der Waals surface area (Å²) in [5.41, 5.74) is 1.28. The van der Waals surface area contributed by atoms with Crippen LogP contribution in [0.3, 0.4) is 0 Å². The number of nitrogens with zero attached hydrogens (tertiary/aromatic N) is 2. The topological polar surface area (TPSA) is 70.7 Å². The monoisotopic (exact) mass is 340 g/mol. The Morgan fingerprint density at radius 3 is 2.64 bits per heavy atom. The highest BCUT2D eigenvalue weighted by atomic mass is 16.1. The van der Waals surface area contributed by atoms with Crippen LogP contribution in [0.1, 0.15) is 56.2 Å². The molecule has 2 N–H and O–H groups in total. The average Bonchev–Trinajstić information content (AvgIpc) is 3.13. The van der Waals surface area contributed by atoms with Crippen LogP contribution in [0, 0.1) is 11.8 Å². The zero-order valence-electron chi connectivity index (χ0n) is 15.0. The fraction of sp³-hybridized carbons (Fsp3) is 0.550. The number of amides is 1. The van der Waals surface area contributed by atoms with E-state index in [-0.39, 0.29) is 11.8 Å². The smallest absolute Gasteiger partial charge is 0.223 e. The Morgan fingerprint density at radius 2 is 1.92 bits per heavy atom. The maximum absolute atomic E-state index is 12.3. The van der Waals surface area contributed by atoms with Gasteiger partial charge in [0.05, 0.1) is 6.54 Å². The number of aromatic nitrogens is 3. The number of nitrogens with one attached hydrogen (secondary N) is 2. The fourth-order valence-corrected chi connectivity index (χ4v) is 3.57. The molecular formula is C20H28N4O. The maximum atomic E-state index is 12.3. The molecule has 0 saturated heterocycles. The highest BCUT2D eigenvalue weighted by Crippen LogP contribution is 2.30. The van der Waals surface area contributed by atoms with Gasteiger partial charge in [0.25, 0.3) is 0 Å². The van der Waals surface area contributed by atoms with Crippen molar-refractivity contribution in [1.29, 1.82) is 0 Å². The van der Waals surface area contributed by atoms with E-state index < -0.39 is 0 Å². The molecular weight excluding hydrogens is 312 g/mol. The van der Waals surface area contributed by atoms with E-state index in [4.69, 9.17) is 0 Å². The zero-order valence-corrected chi connectivity index (χ0v) is 15.0. The molecule has 2 aromatic rings. The third-order valence-electron chi connectivity index (χ3n) is 5.28. The summed E-state index contributed by atoms with van der Waals surface area (Å²) >= 11 is 0. The lowest BCUT2D eigenvalue weighted by atomic mass is 9.80. The molecule has 1 amide bonds. The summed E-state index contributed by atoms with van der Waals surface area (Å²) in [6, 6.07) is 10.3. The lowest BCUT2D eigenvalue weighted by molar-refractivity contribution is -0.126. The van der Waals surface area contributed by atoms with Gasteiger partial charge in [-0.25, -0.2) is 4.98 Å². The van der Waals surface area contributed by atoms with Crippen LogP contribution in [0.2, 0.25) is 0 Å². The van der Waals surface area contributed by atoms with Crippen LogP contribution in [-0.2, 0) is 24.2 Å². The second-order valence-electron chi connectivity index (χ2n) is 7.03. The highest BCUT2D eigenvalue weighted by molar-refractivity contribution is 5.78. The number of hydrogen-bond acceptors (Lipinski definition) is 3. The molecule has 5 nitrogen and oxygen atoms in total. The molecule has 3 rings (SSSR count). The van der Waals surface area contributed by atoms with Gasteiger partial charge in [-0.3, -0.25) is 9.89 Å². The minimum Gasteiger partial charge on any atom is -0.349 e. The predicted molar refractivity (Wildman–Crippen MR) is 97.8 cm³/mol. The standard InChI is InChI=1S/C20H28N4O/c1-2-15-8-11-17(12-9-15)20(25)21-14-19-22-18(23-24-19)13-10-16-6-4-3-5-7-16/h3-7,15,17H,2,8-14H2,1H3,(H,21,25)(H,22,23,24). The number of rotatable bonds is 7. The third kappa shape index (κ3) is 5.15. The van der Waals surface area contributed by atoms with Crippen molar-refractivity contribution in [3.63, 3.8) is 0 Å². The molecule has 0 unspecified atom stereocenters. The van der Waals surface area contributed by atoms with Crippen molar-refractivity contribution in [2.75, 3.05) is 0 Å². The minimum atomic E-state index is 0.164. The highest BCUT2D eigenvalue weighted by Gasteiger charge is 2.25. The number of carbonyl (C=O) groups excluding carboxylic acids is 1. The first-order valence-corrected chi connectivity index (χ1v) is 9.46. The number of aryl methyl sites for hydroxylation is 2. The molecule has 0 bridgehead atoms. The van der Waals surface area contributed by atoms with Gasteiger partial charge in [-0.05, 0) is 43.6 Å². The number of benzene rings is 1. The quantitative estimate of drug-likeness (QED) is 0.811. The first kappa shape index (κ1) is 17.6. The zero-order chi connectivity index (χ0) is 17.5. The predicted octanol–water partition coefficient (Wildman–Crippen LogP) is 3.42. The number of H-pyrrole nitrogens is 1. The van der Waals surface area contributed by atoms with Gasteiger partial charge < -0.3 is 5.32 Å². The molecule has 1 aromatic heterocycles. The fourth-order valence-electron chi connectivity index (χ4n) is 3.57. The van der Waals surface area contributed by atoms with E-state index >= 15 is 0 Å². The van der Waals surface area contributed by atoms with Gasteiger partial charge in [0.15, 0.2) is 5.82 Å². The van der Waals surface area contributed by atoms with E-state index in [1.54, 1.807) is 0 Å². The minimum absolute atomic E-state index is 0.164. The van der Waals surface area contributed by atoms with E-state index in [2.05, 4.69) is 39.6 Å². The van der Waals surface area contributed by atoms with E-state index in [1.807, 2.05) is 18.2 Å². The van der Waals surface area contributed by atoms with Gasteiger partial charge in [-0.2, -0.15) is 5.10 Å². The van der Waals surface area contributed by atoms with E-state index in [1.165, 1.54) is 24.8 Å². The molecule has 0 aliphatic heterocycles.